The Hall–Kier alpha value is -3.33. The van der Waals surface area contributed by atoms with Crippen LogP contribution in [0.4, 0.5) is 0 Å². The largest absolute Gasteiger partial charge is 0.422 e. The molecule has 0 aliphatic carbocycles. The molecule has 0 spiro atoms. The van der Waals surface area contributed by atoms with Crippen molar-refractivity contribution in [3.63, 3.8) is 0 Å². The number of hydrogen-bond acceptors (Lipinski definition) is 2. The van der Waals surface area contributed by atoms with Gasteiger partial charge in [0.25, 0.3) is 0 Å². The van der Waals surface area contributed by atoms with Crippen molar-refractivity contribution in [3.8, 4) is 11.6 Å². The molecule has 3 heteroatoms. The van der Waals surface area contributed by atoms with Gasteiger partial charge in [-0.25, -0.2) is 0 Å². The second-order valence-corrected chi connectivity index (χ2v) is 6.30. The lowest BCUT2D eigenvalue weighted by molar-refractivity contribution is -0.892. The van der Waals surface area contributed by atoms with E-state index in [0.29, 0.717) is 12.5 Å². The molecule has 0 N–H and O–H groups in total. The molecule has 0 radical (unpaired) electrons. The molecule has 126 valence electrons. The van der Waals surface area contributed by atoms with E-state index in [1.54, 1.807) is 4.73 Å². The summed E-state index contributed by atoms with van der Waals surface area (Å²) >= 11 is 0. The van der Waals surface area contributed by atoms with E-state index < -0.39 is 0 Å². The summed E-state index contributed by atoms with van der Waals surface area (Å²) in [5.74, 6) is 1.49. The molecule has 5 rings (SSSR count). The Kier molecular flexibility index (Phi) is 3.39. The number of rotatable bonds is 4. The first kappa shape index (κ1) is 15.0. The van der Waals surface area contributed by atoms with Crippen LogP contribution in [0.1, 0.15) is 6.92 Å². The third-order valence-corrected chi connectivity index (χ3v) is 4.76. The molecule has 0 saturated carbocycles. The van der Waals surface area contributed by atoms with Crippen molar-refractivity contribution >= 4 is 32.3 Å². The fraction of sp³-hybridized carbons (Fsp3) is 0.0870. The second-order valence-electron chi connectivity index (χ2n) is 6.30. The van der Waals surface area contributed by atoms with Crippen LogP contribution in [0, 0.1) is 0 Å². The lowest BCUT2D eigenvalue weighted by Gasteiger charge is -2.13. The first-order chi connectivity index (χ1) is 12.8. The Morgan fingerprint density at radius 3 is 2.27 bits per heavy atom. The van der Waals surface area contributed by atoms with Gasteiger partial charge in [-0.15, -0.1) is 0 Å². The number of pyridine rings is 1. The number of aromatic nitrogens is 1. The van der Waals surface area contributed by atoms with Crippen LogP contribution in [0.2, 0.25) is 0 Å². The normalized spacial score (nSPS) is 11.4. The molecule has 0 atom stereocenters. The van der Waals surface area contributed by atoms with Gasteiger partial charge >= 0.3 is 5.88 Å². The molecule has 3 nitrogen and oxygen atoms in total. The van der Waals surface area contributed by atoms with Gasteiger partial charge in [0.15, 0.2) is 6.61 Å². The molecule has 0 aliphatic heterocycles. The van der Waals surface area contributed by atoms with Crippen molar-refractivity contribution in [1.29, 1.82) is 0 Å². The lowest BCUT2D eigenvalue weighted by atomic mass is 9.94. The van der Waals surface area contributed by atoms with Crippen LogP contribution in [-0.2, 0) is 0 Å². The molecule has 26 heavy (non-hydrogen) atoms. The Balaban J connectivity index is 1.74. The summed E-state index contributed by atoms with van der Waals surface area (Å²) in [6.07, 6.45) is 1.86. The zero-order chi connectivity index (χ0) is 17.5. The van der Waals surface area contributed by atoms with Gasteiger partial charge in [0.05, 0.1) is 6.07 Å². The molecular formula is C23H18NO2+. The molecule has 0 fully saturated rings. The third-order valence-electron chi connectivity index (χ3n) is 4.76. The summed E-state index contributed by atoms with van der Waals surface area (Å²) in [6, 6.07) is 25.0. The molecule has 0 bridgehead atoms. The van der Waals surface area contributed by atoms with Crippen LogP contribution in [-0.4, -0.2) is 6.61 Å². The maximum absolute atomic E-state index is 6.26. The summed E-state index contributed by atoms with van der Waals surface area (Å²) in [7, 11) is 0. The summed E-state index contributed by atoms with van der Waals surface area (Å²) in [6.45, 7) is 2.53. The minimum Gasteiger partial charge on any atom is -0.401 e. The fourth-order valence-corrected chi connectivity index (χ4v) is 3.65. The standard InChI is InChI=1S/C23H18NO2/c1-2-25-24-15-4-3-8-21(24)26-20-14-12-18-10-9-16-6-5-7-17-11-13-19(20)23(18)22(16)17/h3-15H,2H2,1H3/q+1. The third kappa shape index (κ3) is 2.25. The van der Waals surface area contributed by atoms with E-state index in [1.807, 2.05) is 37.4 Å². The number of hydrogen-bond donors (Lipinski definition) is 0. The van der Waals surface area contributed by atoms with E-state index in [1.165, 1.54) is 26.9 Å². The molecule has 0 amide bonds. The predicted molar refractivity (Wildman–Crippen MR) is 104 cm³/mol. The fourth-order valence-electron chi connectivity index (χ4n) is 3.65. The zero-order valence-electron chi connectivity index (χ0n) is 14.5. The average Bonchev–Trinajstić information content (AvgIpc) is 2.69. The minimum atomic E-state index is 0.573. The van der Waals surface area contributed by atoms with Gasteiger partial charge in [0.1, 0.15) is 5.75 Å². The van der Waals surface area contributed by atoms with E-state index in [-0.39, 0.29) is 0 Å². The SMILES string of the molecule is CCO[n+]1ccccc1Oc1ccc2ccc3cccc4ccc1c2c34. The quantitative estimate of drug-likeness (QED) is 0.335. The van der Waals surface area contributed by atoms with E-state index in [0.717, 1.165) is 11.1 Å². The minimum absolute atomic E-state index is 0.573. The van der Waals surface area contributed by atoms with Gasteiger partial charge in [-0.2, -0.15) is 0 Å². The zero-order valence-corrected chi connectivity index (χ0v) is 14.5. The molecular weight excluding hydrogens is 322 g/mol. The van der Waals surface area contributed by atoms with Crippen molar-refractivity contribution in [1.82, 2.24) is 0 Å². The summed E-state index contributed by atoms with van der Waals surface area (Å²) in [5, 5.41) is 7.38. The first-order valence-electron chi connectivity index (χ1n) is 8.83. The molecule has 0 saturated heterocycles. The van der Waals surface area contributed by atoms with Gasteiger partial charge in [-0.1, -0.05) is 42.5 Å². The molecule has 0 aliphatic rings. The van der Waals surface area contributed by atoms with Gasteiger partial charge in [0, 0.05) is 21.6 Å². The van der Waals surface area contributed by atoms with Crippen LogP contribution in [0.5, 0.6) is 11.6 Å². The van der Waals surface area contributed by atoms with Crippen LogP contribution in [0.25, 0.3) is 32.3 Å². The van der Waals surface area contributed by atoms with Crippen LogP contribution in [0.15, 0.2) is 79.0 Å². The van der Waals surface area contributed by atoms with Crippen LogP contribution >= 0.6 is 0 Å². The Bertz CT molecular complexity index is 1210. The Morgan fingerprint density at radius 1 is 0.731 bits per heavy atom. The molecule has 4 aromatic carbocycles. The lowest BCUT2D eigenvalue weighted by Crippen LogP contribution is -2.43. The number of nitrogens with zero attached hydrogens (tertiary/aromatic N) is 1. The maximum atomic E-state index is 6.26. The molecule has 1 aromatic heterocycles. The second kappa shape index (κ2) is 5.88. The summed E-state index contributed by atoms with van der Waals surface area (Å²) in [4.78, 5) is 5.63. The molecule has 1 heterocycles. The highest BCUT2D eigenvalue weighted by molar-refractivity contribution is 6.24. The monoisotopic (exact) mass is 340 g/mol. The van der Waals surface area contributed by atoms with Gasteiger partial charge in [-0.05, 0) is 46.7 Å². The van der Waals surface area contributed by atoms with Crippen LogP contribution < -0.4 is 14.3 Å². The number of ether oxygens (including phenoxy) is 1. The Morgan fingerprint density at radius 2 is 1.46 bits per heavy atom. The van der Waals surface area contributed by atoms with Gasteiger partial charge in [0.2, 0.25) is 6.20 Å². The first-order valence-corrected chi connectivity index (χ1v) is 8.83. The Labute approximate surface area is 151 Å². The molecule has 5 aromatic rings. The highest BCUT2D eigenvalue weighted by atomic mass is 16.7. The van der Waals surface area contributed by atoms with E-state index in [9.17, 15) is 0 Å². The number of benzene rings is 4. The predicted octanol–water partition coefficient (Wildman–Crippen LogP) is 5.11. The summed E-state index contributed by atoms with van der Waals surface area (Å²) in [5.41, 5.74) is 0. The van der Waals surface area contributed by atoms with Gasteiger partial charge < -0.3 is 4.74 Å². The van der Waals surface area contributed by atoms with Crippen molar-refractivity contribution in [2.45, 2.75) is 6.92 Å². The van der Waals surface area contributed by atoms with Gasteiger partial charge in [-0.3, -0.25) is 4.84 Å². The topological polar surface area (TPSA) is 22.3 Å². The maximum Gasteiger partial charge on any atom is 0.422 e. The smallest absolute Gasteiger partial charge is 0.401 e. The van der Waals surface area contributed by atoms with E-state index >= 15 is 0 Å². The van der Waals surface area contributed by atoms with Crippen molar-refractivity contribution < 1.29 is 14.3 Å². The van der Waals surface area contributed by atoms with Crippen LogP contribution in [0.3, 0.4) is 0 Å². The van der Waals surface area contributed by atoms with Crippen molar-refractivity contribution in [3.05, 3.63) is 79.0 Å². The van der Waals surface area contributed by atoms with Crippen molar-refractivity contribution in [2.24, 2.45) is 0 Å². The summed E-state index contributed by atoms with van der Waals surface area (Å²) < 4.78 is 7.92. The van der Waals surface area contributed by atoms with E-state index in [4.69, 9.17) is 9.57 Å². The highest BCUT2D eigenvalue weighted by Crippen LogP contribution is 2.39. The van der Waals surface area contributed by atoms with Crippen molar-refractivity contribution in [2.75, 3.05) is 6.61 Å². The van der Waals surface area contributed by atoms with E-state index in [2.05, 4.69) is 48.5 Å². The highest BCUT2D eigenvalue weighted by Gasteiger charge is 2.17. The molecule has 0 unspecified atom stereocenters. The average molecular weight is 340 g/mol.